The number of methoxy groups -OCH3 is 1. The first-order chi connectivity index (χ1) is 62.4. The van der Waals surface area contributed by atoms with Crippen LogP contribution >= 0.6 is 84.0 Å². The van der Waals surface area contributed by atoms with Gasteiger partial charge in [-0.05, 0) is 144 Å². The van der Waals surface area contributed by atoms with E-state index in [2.05, 4.69) is 72.5 Å². The summed E-state index contributed by atoms with van der Waals surface area (Å²) in [4.78, 5) is 153. The Morgan fingerprint density at radius 1 is 0.473 bits per heavy atom. The van der Waals surface area contributed by atoms with Crippen LogP contribution in [0.2, 0.25) is 5.15 Å². The van der Waals surface area contributed by atoms with Gasteiger partial charge in [0.25, 0.3) is 23.6 Å². The molecule has 14 rings (SSSR count). The number of esters is 1. The molecule has 5 atom stereocenters. The summed E-state index contributed by atoms with van der Waals surface area (Å²) in [5.74, 6) is -8.07. The summed E-state index contributed by atoms with van der Waals surface area (Å²) >= 11 is 31.5. The number of nitrogens with zero attached hydrogens (tertiary/aromatic N) is 9. The fourth-order valence-electron chi connectivity index (χ4n) is 12.1. The van der Waals surface area contributed by atoms with Gasteiger partial charge in [-0.2, -0.15) is 0 Å². The predicted molar refractivity (Wildman–Crippen MR) is 490 cm³/mol. The second-order valence-corrected chi connectivity index (χ2v) is 32.3. The number of anilines is 9. The van der Waals surface area contributed by atoms with Crippen LogP contribution in [0.1, 0.15) is 86.6 Å². The molecule has 5 aliphatic rings. The van der Waals surface area contributed by atoms with Gasteiger partial charge in [-0.25, -0.2) is 65.7 Å². The molecule has 0 bridgehead atoms. The zero-order valence-electron chi connectivity index (χ0n) is 69.3. The Hall–Kier alpha value is -14.1. The SMILES string of the molecule is CC(=S)NC[C@H]1CN(c2ccc(C(=O)Nc3ccc(Cl)nc3)c(F)c2)C(=O)O1.CC(=S)NC[C@H]1CN(c2ccc(C(=O)Nc3ncc[nH]3)c(F)c2)C(=O)O1.CC(=S)NC[C@H]1CN(c2ccc(C(=O)Nc3nccs3)c(F)c2)C(=O)O1.CC(=S)NC[C@H]1CN(c2ccc(NC(=O)c3ccc([N+](=O)[O-])o3)c(F)c2)C(=O)O1.COC(=O)c1ccc(N2C[C@H](CNC(C)=S)OC2=O)cc1F. The number of benzene rings is 5. The van der Waals surface area contributed by atoms with Crippen LogP contribution in [0.3, 0.4) is 0 Å². The lowest BCUT2D eigenvalue weighted by atomic mass is 10.1. The monoisotopic (exact) mass is 1940 g/mol. The van der Waals surface area contributed by atoms with Gasteiger partial charge in [-0.3, -0.25) is 64.4 Å². The normalized spacial score (nSPS) is 16.2. The quantitative estimate of drug-likeness (QED) is 0.00483. The van der Waals surface area contributed by atoms with Crippen molar-refractivity contribution in [3.63, 3.8) is 0 Å². The number of nitro groups is 1. The van der Waals surface area contributed by atoms with Crippen molar-refractivity contribution in [1.82, 2.24) is 46.5 Å². The van der Waals surface area contributed by atoms with Crippen molar-refractivity contribution in [3.8, 4) is 0 Å². The highest BCUT2D eigenvalue weighted by molar-refractivity contribution is 7.81. The van der Waals surface area contributed by atoms with Gasteiger partial charge in [0.2, 0.25) is 5.95 Å². The number of ether oxygens (including phenoxy) is 6. The number of halogens is 6. The van der Waals surface area contributed by atoms with Gasteiger partial charge >= 0.3 is 42.3 Å². The lowest BCUT2D eigenvalue weighted by molar-refractivity contribution is -0.402. The molecule has 131 heavy (non-hydrogen) atoms. The van der Waals surface area contributed by atoms with Crippen LogP contribution in [0.5, 0.6) is 0 Å². The van der Waals surface area contributed by atoms with Gasteiger partial charge < -0.3 is 75.0 Å². The summed E-state index contributed by atoms with van der Waals surface area (Å²) in [5, 5.41) is 37.3. The number of aromatic amines is 1. The molecule has 688 valence electrons. The van der Waals surface area contributed by atoms with E-state index in [0.717, 1.165) is 42.5 Å². The van der Waals surface area contributed by atoms with Crippen LogP contribution in [0, 0.1) is 39.2 Å². The van der Waals surface area contributed by atoms with Crippen LogP contribution in [0.25, 0.3) is 0 Å². The number of amides is 9. The van der Waals surface area contributed by atoms with Gasteiger partial charge in [0.05, 0.1) is 172 Å². The van der Waals surface area contributed by atoms with E-state index in [-0.39, 0.29) is 89.3 Å². The number of thiocarbonyl (C=S) groups is 5. The zero-order valence-corrected chi connectivity index (χ0v) is 75.0. The van der Waals surface area contributed by atoms with Crippen molar-refractivity contribution >= 4 is 226 Å². The fourth-order valence-corrected chi connectivity index (χ4v) is 13.2. The maximum Gasteiger partial charge on any atom is 0.433 e. The van der Waals surface area contributed by atoms with E-state index < -0.39 is 124 Å². The number of carbonyl (C=O) groups excluding carboxylic acids is 10. The Labute approximate surface area is 776 Å². The van der Waals surface area contributed by atoms with Gasteiger partial charge in [0.15, 0.2) is 10.9 Å². The predicted octanol–water partition coefficient (Wildman–Crippen LogP) is 13.0. The second kappa shape index (κ2) is 46.2. The summed E-state index contributed by atoms with van der Waals surface area (Å²) in [6.07, 6.45) is 0.938. The Morgan fingerprint density at radius 3 is 1.15 bits per heavy atom. The van der Waals surface area contributed by atoms with Crippen molar-refractivity contribution in [2.45, 2.75) is 65.1 Å². The number of hydrogen-bond acceptors (Lipinski definition) is 28. The molecule has 9 aromatic rings. The van der Waals surface area contributed by atoms with E-state index in [1.165, 1.54) is 134 Å². The third kappa shape index (κ3) is 28.2. The molecule has 0 spiro atoms. The summed E-state index contributed by atoms with van der Waals surface area (Å²) in [7, 11) is 1.17. The first kappa shape index (κ1) is 99.0. The fraction of sp³-hybridized carbons (Fsp3) is 0.259. The number of rotatable bonds is 25. The lowest BCUT2D eigenvalue weighted by Gasteiger charge is -2.14. The topological polar surface area (TPSA) is 461 Å². The third-order valence-electron chi connectivity index (χ3n) is 18.3. The van der Waals surface area contributed by atoms with Crippen LogP contribution in [0.15, 0.2) is 150 Å². The third-order valence-corrected chi connectivity index (χ3v) is 20.0. The van der Waals surface area contributed by atoms with Crippen LogP contribution in [-0.4, -0.2) is 213 Å². The Morgan fingerprint density at radius 2 is 0.840 bits per heavy atom. The number of carbonyl (C=O) groups is 10. The highest BCUT2D eigenvalue weighted by Gasteiger charge is 2.39. The Kier molecular flexibility index (Phi) is 34.9. The molecular formula is C81H77ClF5N19O19S6. The first-order valence-electron chi connectivity index (χ1n) is 38.6. The molecule has 5 fully saturated rings. The average Bonchev–Trinajstić information content (AvgIpc) is 1.73. The summed E-state index contributed by atoms with van der Waals surface area (Å²) in [5.41, 5.74) is 1.05. The molecule has 5 aromatic carbocycles. The minimum atomic E-state index is -0.855. The number of nitrogens with one attached hydrogen (secondary N) is 10. The van der Waals surface area contributed by atoms with Crippen molar-refractivity contribution in [2.24, 2.45) is 0 Å². The molecule has 0 radical (unpaired) electrons. The van der Waals surface area contributed by atoms with Crippen molar-refractivity contribution in [1.29, 1.82) is 0 Å². The number of furan rings is 1. The van der Waals surface area contributed by atoms with Crippen molar-refractivity contribution in [2.75, 3.05) is 118 Å². The number of H-pyrrole nitrogens is 1. The molecular weight excluding hydrogens is 1870 g/mol. The van der Waals surface area contributed by atoms with Gasteiger partial charge in [0.1, 0.15) is 69.7 Å². The molecule has 38 nitrogen and oxygen atoms in total. The second-order valence-electron chi connectivity index (χ2n) is 27.9. The Bertz CT molecular complexity index is 5700. The summed E-state index contributed by atoms with van der Waals surface area (Å²) < 4.78 is 107. The largest absolute Gasteiger partial charge is 0.465 e. The highest BCUT2D eigenvalue weighted by Crippen LogP contribution is 2.32. The average molecular weight is 1940 g/mol. The van der Waals surface area contributed by atoms with Crippen molar-refractivity contribution in [3.05, 3.63) is 218 Å². The van der Waals surface area contributed by atoms with E-state index in [1.807, 2.05) is 0 Å². The van der Waals surface area contributed by atoms with Crippen LogP contribution in [0.4, 0.5) is 103 Å². The van der Waals surface area contributed by atoms with E-state index in [0.29, 0.717) is 91.2 Å². The Balaban J connectivity index is 0.000000170. The minimum Gasteiger partial charge on any atom is -0.465 e. The van der Waals surface area contributed by atoms with Crippen LogP contribution < -0.4 is 72.4 Å². The molecule has 0 aliphatic carbocycles. The molecule has 5 aliphatic heterocycles. The van der Waals surface area contributed by atoms with E-state index >= 15 is 0 Å². The van der Waals surface area contributed by atoms with E-state index in [9.17, 15) is 80.0 Å². The standard InChI is InChI=1S/C18H16ClFN4O3S.C17H15FN4O6S.C16H16FN5O3S.C16H15FN4O3S2.C14H15FN2O4S/c1-10(28)21-8-13-9-24(18(26)27-13)12-3-4-14(15(20)6-12)17(25)23-11-2-5-16(19)22-7-11;1-9(29)19-7-11-8-21(17(24)27-11)10-2-3-13(12(18)6-10)20-16(23)14-4-5-15(28-14)22(25)26;1-9(26)20-7-11-8-22(16(24)25-11)10-2-3-12(13(17)6-10)14(23)21-15-18-4-5-19-15;1-9(25)19-7-11-8-21(16(23)24-11)10-2-3-12(13(17)6-10)14(22)20-15-18-4-5-26-15;1-8(22)16-6-10-7-17(14(19)21-10)9-3-4-11(12(15)5-9)13(18)20-2/h2-7,13H,8-9H2,1H3,(H,21,28)(H,23,25);2-6,11H,7-8H2,1H3,(H,19,29)(H,20,23);2-6,11H,7-8H2,1H3,(H,20,26)(H2,18,19,21,23);2-6,11H,7-8H2,1H3,(H,19,25)(H,18,20,22);3-5,10H,6-7H2,1-2H3,(H,16,22)/t13-;3*11-;10-/m00000/s1. The maximum atomic E-state index is 14.5. The number of thiazole rings is 1. The summed E-state index contributed by atoms with van der Waals surface area (Å²) in [6, 6.07) is 24.6. The molecule has 50 heteroatoms. The molecule has 0 unspecified atom stereocenters. The minimum absolute atomic E-state index is 0.133. The molecule has 5 saturated heterocycles. The zero-order chi connectivity index (χ0) is 95.0. The van der Waals surface area contributed by atoms with Crippen LogP contribution in [-0.2, 0) is 28.4 Å². The molecule has 0 saturated carbocycles. The smallest absolute Gasteiger partial charge is 0.433 e. The molecule has 10 N–H and O–H groups in total. The highest BCUT2D eigenvalue weighted by atomic mass is 35.5. The van der Waals surface area contributed by atoms with Gasteiger partial charge in [-0.1, -0.05) is 72.7 Å². The van der Waals surface area contributed by atoms with E-state index in [4.69, 9.17) is 101 Å². The van der Waals surface area contributed by atoms with Crippen molar-refractivity contribution < 1.29 is 108 Å². The van der Waals surface area contributed by atoms with Gasteiger partial charge in [0, 0.05) is 24.0 Å². The molecule has 9 amide bonds. The number of pyridine rings is 1. The molecule has 4 aromatic heterocycles. The van der Waals surface area contributed by atoms with E-state index in [1.54, 1.807) is 46.1 Å². The van der Waals surface area contributed by atoms with Gasteiger partial charge in [-0.15, -0.1) is 11.3 Å². The number of cyclic esters (lactones) is 5. The molecule has 9 heterocycles. The number of imidazole rings is 1. The summed E-state index contributed by atoms with van der Waals surface area (Å²) in [6.45, 7) is 11.7. The maximum absolute atomic E-state index is 14.5. The lowest BCUT2D eigenvalue weighted by Crippen LogP contribution is -2.32. The number of hydrogen-bond donors (Lipinski definition) is 10. The number of aromatic nitrogens is 4. The first-order valence-corrected chi connectivity index (χ1v) is 41.9.